The number of amides is 2. The Morgan fingerprint density at radius 1 is 1.41 bits per heavy atom. The van der Waals surface area contributed by atoms with Gasteiger partial charge in [-0.05, 0) is 24.7 Å². The Balaban J connectivity index is 2.56. The Morgan fingerprint density at radius 3 is 2.53 bits per heavy atom. The van der Waals surface area contributed by atoms with E-state index in [2.05, 4.69) is 19.2 Å². The quantitative estimate of drug-likeness (QED) is 0.579. The molecule has 0 unspecified atom stereocenters. The molecule has 0 spiro atoms. The maximum atomic E-state index is 11.8. The number of rotatable bonds is 3. The molecule has 1 saturated heterocycles. The Morgan fingerprint density at radius 2 is 2.06 bits per heavy atom. The molecule has 1 heterocycles. The van der Waals surface area contributed by atoms with Gasteiger partial charge >= 0.3 is 11.8 Å². The van der Waals surface area contributed by atoms with E-state index in [9.17, 15) is 9.59 Å². The molecular formula is C12H19N3O2. The van der Waals surface area contributed by atoms with Crippen molar-refractivity contribution in [3.63, 3.8) is 0 Å². The summed E-state index contributed by atoms with van der Waals surface area (Å²) in [5.74, 6) is -1.18. The maximum Gasteiger partial charge on any atom is 0.311 e. The predicted octanol–water partition coefficient (Wildman–Crippen LogP) is 0.665. The molecular weight excluding hydrogens is 218 g/mol. The van der Waals surface area contributed by atoms with E-state index in [1.54, 1.807) is 11.0 Å². The van der Waals surface area contributed by atoms with Crippen molar-refractivity contribution in [3.8, 4) is 6.07 Å². The molecule has 0 bridgehead atoms. The summed E-state index contributed by atoms with van der Waals surface area (Å²) in [5, 5.41) is 10.6. The minimum absolute atomic E-state index is 0.120. The fraction of sp³-hybridized carbons (Fsp3) is 0.750. The van der Waals surface area contributed by atoms with E-state index in [0.717, 1.165) is 19.3 Å². The second-order valence-electron chi connectivity index (χ2n) is 4.52. The molecule has 0 atom stereocenters. The molecule has 5 heteroatoms. The van der Waals surface area contributed by atoms with Crippen LogP contribution in [-0.2, 0) is 9.59 Å². The van der Waals surface area contributed by atoms with E-state index >= 15 is 0 Å². The normalized spacial score (nSPS) is 17.6. The van der Waals surface area contributed by atoms with Crippen LogP contribution in [0.4, 0.5) is 0 Å². The molecule has 5 nitrogen and oxygen atoms in total. The number of carbonyl (C=O) groups is 2. The third kappa shape index (κ3) is 2.96. The van der Waals surface area contributed by atoms with Gasteiger partial charge in [0.15, 0.2) is 0 Å². The van der Waals surface area contributed by atoms with E-state index in [-0.39, 0.29) is 12.0 Å². The predicted molar refractivity (Wildman–Crippen MR) is 62.8 cm³/mol. The minimum Gasteiger partial charge on any atom is -0.335 e. The standard InChI is InChI=1S/C12H19N3O2/c1-3-12(4-2)5-8-15(9-12)11(17)10(16)14-7-6-13/h3-5,7-9H2,1-2H3,(H,14,16). The summed E-state index contributed by atoms with van der Waals surface area (Å²) < 4.78 is 0. The Bertz CT molecular complexity index is 342. The van der Waals surface area contributed by atoms with E-state index < -0.39 is 11.8 Å². The molecule has 0 aromatic carbocycles. The number of likely N-dealkylation sites (tertiary alicyclic amines) is 1. The van der Waals surface area contributed by atoms with Crippen molar-refractivity contribution < 1.29 is 9.59 Å². The molecule has 1 rings (SSSR count). The van der Waals surface area contributed by atoms with Crippen molar-refractivity contribution in [1.82, 2.24) is 10.2 Å². The Hall–Kier alpha value is -1.57. The number of nitrogens with one attached hydrogen (secondary N) is 1. The van der Waals surface area contributed by atoms with Crippen molar-refractivity contribution in [2.45, 2.75) is 33.1 Å². The first-order valence-electron chi connectivity index (χ1n) is 6.02. The van der Waals surface area contributed by atoms with Crippen LogP contribution >= 0.6 is 0 Å². The van der Waals surface area contributed by atoms with E-state index in [1.807, 2.05) is 0 Å². The van der Waals surface area contributed by atoms with Crippen molar-refractivity contribution in [1.29, 1.82) is 5.26 Å². The zero-order valence-corrected chi connectivity index (χ0v) is 10.5. The van der Waals surface area contributed by atoms with Gasteiger partial charge in [0.25, 0.3) is 0 Å². The first-order chi connectivity index (χ1) is 8.08. The van der Waals surface area contributed by atoms with E-state index in [4.69, 9.17) is 5.26 Å². The minimum atomic E-state index is -0.672. The molecule has 1 fully saturated rings. The third-order valence-corrected chi connectivity index (χ3v) is 3.75. The highest BCUT2D eigenvalue weighted by Crippen LogP contribution is 2.36. The van der Waals surface area contributed by atoms with Gasteiger partial charge in [0.1, 0.15) is 6.54 Å². The number of carbonyl (C=O) groups excluding carboxylic acids is 2. The van der Waals surface area contributed by atoms with Crippen LogP contribution in [0.5, 0.6) is 0 Å². The number of nitrogens with zero attached hydrogens (tertiary/aromatic N) is 2. The van der Waals surface area contributed by atoms with Gasteiger partial charge in [-0.25, -0.2) is 0 Å². The molecule has 0 radical (unpaired) electrons. The maximum absolute atomic E-state index is 11.8. The van der Waals surface area contributed by atoms with Crippen LogP contribution in [0.2, 0.25) is 0 Å². The van der Waals surface area contributed by atoms with Crippen LogP contribution in [0.25, 0.3) is 0 Å². The summed E-state index contributed by atoms with van der Waals surface area (Å²) >= 11 is 0. The van der Waals surface area contributed by atoms with Crippen molar-refractivity contribution >= 4 is 11.8 Å². The fourth-order valence-corrected chi connectivity index (χ4v) is 2.27. The topological polar surface area (TPSA) is 73.2 Å². The van der Waals surface area contributed by atoms with Gasteiger partial charge in [-0.2, -0.15) is 5.26 Å². The van der Waals surface area contributed by atoms with Gasteiger partial charge in [0, 0.05) is 13.1 Å². The largest absolute Gasteiger partial charge is 0.335 e. The number of hydrogen-bond donors (Lipinski definition) is 1. The molecule has 1 aliphatic rings. The number of hydrogen-bond acceptors (Lipinski definition) is 3. The van der Waals surface area contributed by atoms with Crippen LogP contribution in [-0.4, -0.2) is 36.3 Å². The highest BCUT2D eigenvalue weighted by molar-refractivity contribution is 6.35. The van der Waals surface area contributed by atoms with Crippen LogP contribution < -0.4 is 5.32 Å². The van der Waals surface area contributed by atoms with Gasteiger partial charge < -0.3 is 10.2 Å². The van der Waals surface area contributed by atoms with Crippen LogP contribution in [0.3, 0.4) is 0 Å². The summed E-state index contributed by atoms with van der Waals surface area (Å²) in [7, 11) is 0. The van der Waals surface area contributed by atoms with Crippen molar-refractivity contribution in [3.05, 3.63) is 0 Å². The second-order valence-corrected chi connectivity index (χ2v) is 4.52. The second kappa shape index (κ2) is 5.67. The average molecular weight is 237 g/mol. The molecule has 0 aliphatic carbocycles. The monoisotopic (exact) mass is 237 g/mol. The highest BCUT2D eigenvalue weighted by Gasteiger charge is 2.38. The van der Waals surface area contributed by atoms with Crippen LogP contribution in [0.1, 0.15) is 33.1 Å². The summed E-state index contributed by atoms with van der Waals surface area (Å²) in [4.78, 5) is 24.8. The average Bonchev–Trinajstić information content (AvgIpc) is 2.80. The number of nitriles is 1. The lowest BCUT2D eigenvalue weighted by atomic mass is 9.82. The highest BCUT2D eigenvalue weighted by atomic mass is 16.2. The lowest BCUT2D eigenvalue weighted by molar-refractivity contribution is -0.145. The van der Waals surface area contributed by atoms with Crippen molar-refractivity contribution in [2.75, 3.05) is 19.6 Å². The zero-order chi connectivity index (χ0) is 12.9. The van der Waals surface area contributed by atoms with Gasteiger partial charge in [-0.3, -0.25) is 9.59 Å². The summed E-state index contributed by atoms with van der Waals surface area (Å²) in [5.41, 5.74) is 0.172. The van der Waals surface area contributed by atoms with Gasteiger partial charge in [0.2, 0.25) is 0 Å². The first kappa shape index (κ1) is 13.5. The molecule has 2 amide bonds. The molecule has 0 aromatic heterocycles. The third-order valence-electron chi connectivity index (χ3n) is 3.75. The van der Waals surface area contributed by atoms with Gasteiger partial charge in [-0.1, -0.05) is 13.8 Å². The smallest absolute Gasteiger partial charge is 0.311 e. The molecule has 1 aliphatic heterocycles. The Kier molecular flexibility index (Phi) is 4.50. The van der Waals surface area contributed by atoms with Crippen molar-refractivity contribution in [2.24, 2.45) is 5.41 Å². The van der Waals surface area contributed by atoms with Gasteiger partial charge in [-0.15, -0.1) is 0 Å². The lowest BCUT2D eigenvalue weighted by Crippen LogP contribution is -2.42. The molecule has 1 N–H and O–H groups in total. The van der Waals surface area contributed by atoms with Crippen LogP contribution in [0, 0.1) is 16.7 Å². The lowest BCUT2D eigenvalue weighted by Gasteiger charge is -2.26. The molecule has 0 saturated carbocycles. The van der Waals surface area contributed by atoms with E-state index in [0.29, 0.717) is 13.1 Å². The fourth-order valence-electron chi connectivity index (χ4n) is 2.27. The van der Waals surface area contributed by atoms with E-state index in [1.165, 1.54) is 0 Å². The summed E-state index contributed by atoms with van der Waals surface area (Å²) in [6.45, 7) is 5.41. The molecule has 0 aromatic rings. The molecule has 17 heavy (non-hydrogen) atoms. The SMILES string of the molecule is CCC1(CC)CCN(C(=O)C(=O)NCC#N)C1. The van der Waals surface area contributed by atoms with Crippen LogP contribution in [0.15, 0.2) is 0 Å². The molecule has 94 valence electrons. The van der Waals surface area contributed by atoms with Gasteiger partial charge in [0.05, 0.1) is 6.07 Å². The zero-order valence-electron chi connectivity index (χ0n) is 10.5. The summed E-state index contributed by atoms with van der Waals surface area (Å²) in [6.07, 6.45) is 3.00. The Labute approximate surface area is 102 Å². The first-order valence-corrected chi connectivity index (χ1v) is 6.02. The summed E-state index contributed by atoms with van der Waals surface area (Å²) in [6, 6.07) is 1.78.